The van der Waals surface area contributed by atoms with Crippen LogP contribution in [0, 0.1) is 0 Å². The van der Waals surface area contributed by atoms with E-state index in [-0.39, 0.29) is 17.2 Å². The smallest absolute Gasteiger partial charge is 0.252 e. The molecule has 0 spiro atoms. The molecule has 0 fully saturated rings. The molecule has 3 aromatic rings. The van der Waals surface area contributed by atoms with Gasteiger partial charge in [-0.05, 0) is 55.0 Å². The number of nitrogens with one attached hydrogen (secondary N) is 2. The van der Waals surface area contributed by atoms with E-state index in [9.17, 15) is 14.7 Å². The van der Waals surface area contributed by atoms with E-state index in [2.05, 4.69) is 15.3 Å². The van der Waals surface area contributed by atoms with E-state index in [0.717, 1.165) is 5.56 Å². The molecule has 1 aromatic heterocycles. The van der Waals surface area contributed by atoms with Gasteiger partial charge in [0.1, 0.15) is 11.5 Å². The number of carbonyl (C=O) groups excluding carboxylic acids is 1. The van der Waals surface area contributed by atoms with Crippen molar-refractivity contribution < 1.29 is 14.6 Å². The zero-order valence-corrected chi connectivity index (χ0v) is 16.8. The average molecular weight is 411 g/mol. The number of phenols is 1. The first-order chi connectivity index (χ1) is 14.0. The zero-order valence-electron chi connectivity index (χ0n) is 16.0. The monoisotopic (exact) mass is 411 g/mol. The van der Waals surface area contributed by atoms with Crippen molar-refractivity contribution in [2.75, 3.05) is 12.4 Å². The van der Waals surface area contributed by atoms with Crippen molar-refractivity contribution in [1.82, 2.24) is 9.97 Å². The third-order valence-corrected chi connectivity index (χ3v) is 5.41. The van der Waals surface area contributed by atoms with Crippen LogP contribution in [0.3, 0.4) is 0 Å². The summed E-state index contributed by atoms with van der Waals surface area (Å²) in [6, 6.07) is 14.9. The highest BCUT2D eigenvalue weighted by Gasteiger charge is 2.20. The third-order valence-electron chi connectivity index (χ3n) is 4.16. The fourth-order valence-electron chi connectivity index (χ4n) is 2.63. The number of hydrogen-bond acceptors (Lipinski definition) is 6. The molecule has 3 rings (SSSR count). The van der Waals surface area contributed by atoms with Gasteiger partial charge in [-0.25, -0.2) is 4.98 Å². The van der Waals surface area contributed by atoms with Crippen molar-refractivity contribution in [3.05, 3.63) is 65.0 Å². The van der Waals surface area contributed by atoms with Crippen LogP contribution < -0.4 is 15.6 Å². The summed E-state index contributed by atoms with van der Waals surface area (Å²) in [6.45, 7) is 1.89. The quantitative estimate of drug-likeness (QED) is 0.311. The van der Waals surface area contributed by atoms with Crippen LogP contribution in [0.2, 0.25) is 0 Å². The molecular formula is C21H21N3O4S. The maximum absolute atomic E-state index is 12.6. The van der Waals surface area contributed by atoms with E-state index in [1.807, 2.05) is 19.1 Å². The molecule has 1 heterocycles. The second kappa shape index (κ2) is 9.29. The van der Waals surface area contributed by atoms with E-state index in [1.54, 1.807) is 31.4 Å². The van der Waals surface area contributed by atoms with Crippen LogP contribution in [0.25, 0.3) is 11.3 Å². The molecule has 1 unspecified atom stereocenters. The highest BCUT2D eigenvalue weighted by atomic mass is 32.2. The van der Waals surface area contributed by atoms with Crippen molar-refractivity contribution in [2.45, 2.75) is 23.8 Å². The van der Waals surface area contributed by atoms with E-state index in [4.69, 9.17) is 4.74 Å². The molecule has 150 valence electrons. The molecule has 0 aliphatic heterocycles. The van der Waals surface area contributed by atoms with Gasteiger partial charge in [-0.15, -0.1) is 0 Å². The Balaban J connectivity index is 1.78. The minimum atomic E-state index is -0.446. The standard InChI is InChI=1S/C21H21N3O4S/c1-3-18(20(27)22-14-6-8-15(25)9-7-14)29-21-23-17(12-19(26)24-21)13-4-10-16(28-2)11-5-13/h4-12,18,25H,3H2,1-2H3,(H,22,27)(H,23,24,26). The summed E-state index contributed by atoms with van der Waals surface area (Å²) in [6.07, 6.45) is 0.547. The Morgan fingerprint density at radius 1 is 1.21 bits per heavy atom. The molecule has 3 N–H and O–H groups in total. The molecule has 7 nitrogen and oxygen atoms in total. The minimum absolute atomic E-state index is 0.126. The maximum Gasteiger partial charge on any atom is 0.252 e. The second-order valence-electron chi connectivity index (χ2n) is 6.22. The Labute approximate surface area is 172 Å². The van der Waals surface area contributed by atoms with Crippen LogP contribution in [-0.4, -0.2) is 33.3 Å². The average Bonchev–Trinajstić information content (AvgIpc) is 2.73. The number of H-pyrrole nitrogens is 1. The first-order valence-corrected chi connectivity index (χ1v) is 9.89. The van der Waals surface area contributed by atoms with Crippen molar-refractivity contribution in [1.29, 1.82) is 0 Å². The molecule has 29 heavy (non-hydrogen) atoms. The number of methoxy groups -OCH3 is 1. The third kappa shape index (κ3) is 5.39. The van der Waals surface area contributed by atoms with E-state index in [0.29, 0.717) is 28.7 Å². The molecule has 0 saturated heterocycles. The molecule has 0 bridgehead atoms. The summed E-state index contributed by atoms with van der Waals surface area (Å²) in [4.78, 5) is 31.9. The first-order valence-electron chi connectivity index (χ1n) is 9.01. The van der Waals surface area contributed by atoms with Crippen molar-refractivity contribution in [3.8, 4) is 22.8 Å². The maximum atomic E-state index is 12.6. The minimum Gasteiger partial charge on any atom is -0.508 e. The highest BCUT2D eigenvalue weighted by Crippen LogP contribution is 2.26. The number of benzene rings is 2. The Bertz CT molecular complexity index is 1030. The number of anilines is 1. The van der Waals surface area contributed by atoms with Crippen molar-refractivity contribution in [2.24, 2.45) is 0 Å². The summed E-state index contributed by atoms with van der Waals surface area (Å²) < 4.78 is 5.15. The highest BCUT2D eigenvalue weighted by molar-refractivity contribution is 8.00. The van der Waals surface area contributed by atoms with E-state index in [1.165, 1.54) is 30.0 Å². The molecule has 0 aliphatic carbocycles. The normalized spacial score (nSPS) is 11.7. The van der Waals surface area contributed by atoms with E-state index < -0.39 is 5.25 Å². The predicted molar refractivity (Wildman–Crippen MR) is 114 cm³/mol. The van der Waals surface area contributed by atoms with Gasteiger partial charge in [0.25, 0.3) is 5.56 Å². The lowest BCUT2D eigenvalue weighted by molar-refractivity contribution is -0.115. The van der Waals surface area contributed by atoms with Crippen LogP contribution in [0.4, 0.5) is 5.69 Å². The number of phenolic OH excluding ortho intramolecular Hbond substituents is 1. The number of carbonyl (C=O) groups is 1. The molecule has 1 amide bonds. The summed E-state index contributed by atoms with van der Waals surface area (Å²) >= 11 is 1.20. The zero-order chi connectivity index (χ0) is 20.8. The van der Waals surface area contributed by atoms with Gasteiger partial charge in [0.15, 0.2) is 5.16 Å². The number of aromatic hydroxyl groups is 1. The number of aromatic amines is 1. The van der Waals surface area contributed by atoms with Gasteiger partial charge in [-0.1, -0.05) is 18.7 Å². The van der Waals surface area contributed by atoms with Crippen LogP contribution in [0.1, 0.15) is 13.3 Å². The Morgan fingerprint density at radius 3 is 2.52 bits per heavy atom. The second-order valence-corrected chi connectivity index (χ2v) is 7.41. The van der Waals surface area contributed by atoms with Gasteiger partial charge in [0.05, 0.1) is 18.1 Å². The summed E-state index contributed by atoms with van der Waals surface area (Å²) in [5, 5.41) is 12.1. The van der Waals surface area contributed by atoms with Crippen LogP contribution in [0.5, 0.6) is 11.5 Å². The molecule has 0 radical (unpaired) electrons. The fourth-order valence-corrected chi connectivity index (χ4v) is 3.54. The SMILES string of the molecule is CCC(Sc1nc(-c2ccc(OC)cc2)cc(=O)[nH]1)C(=O)Nc1ccc(O)cc1. The van der Waals surface area contributed by atoms with Gasteiger partial charge in [-0.2, -0.15) is 0 Å². The molecular weight excluding hydrogens is 390 g/mol. The topological polar surface area (TPSA) is 104 Å². The summed E-state index contributed by atoms with van der Waals surface area (Å²) in [5.41, 5.74) is 1.59. The number of amides is 1. The molecule has 0 aliphatic rings. The molecule has 8 heteroatoms. The lowest BCUT2D eigenvalue weighted by atomic mass is 10.1. The summed E-state index contributed by atoms with van der Waals surface area (Å²) in [5.74, 6) is 0.632. The van der Waals surface area contributed by atoms with Gasteiger partial charge < -0.3 is 20.1 Å². The summed E-state index contributed by atoms with van der Waals surface area (Å²) in [7, 11) is 1.59. The van der Waals surface area contributed by atoms with Crippen molar-refractivity contribution >= 4 is 23.4 Å². The number of nitrogens with zero attached hydrogens (tertiary/aromatic N) is 1. The number of rotatable bonds is 7. The Morgan fingerprint density at radius 2 is 1.90 bits per heavy atom. The lowest BCUT2D eigenvalue weighted by Gasteiger charge is -2.14. The number of ether oxygens (including phenoxy) is 1. The Kier molecular flexibility index (Phi) is 6.56. The number of hydrogen-bond donors (Lipinski definition) is 3. The molecule has 1 atom stereocenters. The largest absolute Gasteiger partial charge is 0.508 e. The van der Waals surface area contributed by atoms with Crippen LogP contribution in [-0.2, 0) is 4.79 Å². The number of thioether (sulfide) groups is 1. The van der Waals surface area contributed by atoms with Gasteiger partial charge in [0.2, 0.25) is 5.91 Å². The molecule has 0 saturated carbocycles. The molecule has 2 aromatic carbocycles. The fraction of sp³-hybridized carbons (Fsp3) is 0.190. The van der Waals surface area contributed by atoms with Crippen LogP contribution >= 0.6 is 11.8 Å². The van der Waals surface area contributed by atoms with Crippen LogP contribution in [0.15, 0.2) is 64.5 Å². The van der Waals surface area contributed by atoms with Crippen molar-refractivity contribution in [3.63, 3.8) is 0 Å². The lowest BCUT2D eigenvalue weighted by Crippen LogP contribution is -2.25. The first kappa shape index (κ1) is 20.5. The van der Waals surface area contributed by atoms with E-state index >= 15 is 0 Å². The van der Waals surface area contributed by atoms with Gasteiger partial charge in [0, 0.05) is 17.3 Å². The predicted octanol–water partition coefficient (Wildman–Crippen LogP) is 3.66. The number of aromatic nitrogens is 2. The van der Waals surface area contributed by atoms with Gasteiger partial charge in [-0.3, -0.25) is 9.59 Å². The van der Waals surface area contributed by atoms with Gasteiger partial charge >= 0.3 is 0 Å². The Hall–Kier alpha value is -3.26.